The molecule has 1 aromatic rings. The van der Waals surface area contributed by atoms with Gasteiger partial charge in [0, 0.05) is 20.1 Å². The molecule has 192 valence electrons. The summed E-state index contributed by atoms with van der Waals surface area (Å²) in [6.45, 7) is 2.47. The minimum Gasteiger partial charge on any atom is -0.497 e. The van der Waals surface area contributed by atoms with Crippen LogP contribution in [0.2, 0.25) is 0 Å². The normalized spacial score (nSPS) is 32.2. The highest BCUT2D eigenvalue weighted by molar-refractivity contribution is 5.94. The molecule has 4 heterocycles. The second-order valence-electron chi connectivity index (χ2n) is 10.1. The van der Waals surface area contributed by atoms with E-state index in [1.807, 2.05) is 6.07 Å². The molecule has 0 radical (unpaired) electrons. The smallest absolute Gasteiger partial charge is 0.352 e. The lowest BCUT2D eigenvalue weighted by Crippen LogP contribution is -2.56. The van der Waals surface area contributed by atoms with Gasteiger partial charge in [0.2, 0.25) is 12.4 Å². The van der Waals surface area contributed by atoms with Crippen LogP contribution < -0.4 is 9.47 Å². The molecule has 1 aliphatic carbocycles. The van der Waals surface area contributed by atoms with E-state index in [9.17, 15) is 9.59 Å². The Morgan fingerprint density at radius 3 is 2.75 bits per heavy atom. The Morgan fingerprint density at radius 2 is 2.00 bits per heavy atom. The highest BCUT2D eigenvalue weighted by atomic mass is 16.7. The number of methoxy groups -OCH3 is 2. The van der Waals surface area contributed by atoms with Crippen LogP contribution in [0.25, 0.3) is 0 Å². The van der Waals surface area contributed by atoms with Crippen molar-refractivity contribution in [1.82, 2.24) is 4.90 Å². The van der Waals surface area contributed by atoms with Crippen LogP contribution in [0.4, 0.5) is 0 Å². The summed E-state index contributed by atoms with van der Waals surface area (Å²) in [5.41, 5.74) is 0.603. The van der Waals surface area contributed by atoms with Crippen LogP contribution in [0.1, 0.15) is 42.7 Å². The van der Waals surface area contributed by atoms with Gasteiger partial charge in [-0.15, -0.1) is 0 Å². The largest absolute Gasteiger partial charge is 0.497 e. The number of benzene rings is 1. The van der Waals surface area contributed by atoms with E-state index in [-0.39, 0.29) is 31.1 Å². The van der Waals surface area contributed by atoms with E-state index in [1.54, 1.807) is 26.4 Å². The van der Waals surface area contributed by atoms with E-state index in [2.05, 4.69) is 17.0 Å². The summed E-state index contributed by atoms with van der Waals surface area (Å²) < 4.78 is 33.9. The van der Waals surface area contributed by atoms with E-state index in [0.29, 0.717) is 18.1 Å². The van der Waals surface area contributed by atoms with E-state index < -0.39 is 23.6 Å². The van der Waals surface area contributed by atoms with Crippen molar-refractivity contribution >= 4 is 11.9 Å². The topological polar surface area (TPSA) is 92.8 Å². The summed E-state index contributed by atoms with van der Waals surface area (Å²) in [6.07, 6.45) is 8.17. The fraction of sp³-hybridized carbons (Fsp3) is 0.556. The molecule has 0 unspecified atom stereocenters. The van der Waals surface area contributed by atoms with Crippen LogP contribution in [0.3, 0.4) is 0 Å². The lowest BCUT2D eigenvalue weighted by atomic mass is 9.77. The average Bonchev–Trinajstić information content (AvgIpc) is 3.54. The summed E-state index contributed by atoms with van der Waals surface area (Å²) >= 11 is 0. The SMILES string of the molecule is COC/C=C/C[C@@]1(C(=O)O[C@@H]2C(OC)=C[C@]34CCCN3CCc3cc5c(cc3[C@H]24)OCO5)CC(=O)O1. The molecule has 1 aromatic carbocycles. The Kier molecular flexibility index (Phi) is 5.72. The monoisotopic (exact) mass is 497 g/mol. The number of fused-ring (bicyclic) bond motifs is 3. The van der Waals surface area contributed by atoms with Gasteiger partial charge in [-0.2, -0.15) is 0 Å². The third-order valence-corrected chi connectivity index (χ3v) is 8.19. The first-order chi connectivity index (χ1) is 17.5. The summed E-state index contributed by atoms with van der Waals surface area (Å²) in [6, 6.07) is 4.11. The Morgan fingerprint density at radius 1 is 1.19 bits per heavy atom. The van der Waals surface area contributed by atoms with Crippen LogP contribution >= 0.6 is 0 Å². The molecular formula is C27H31NO8. The highest BCUT2D eigenvalue weighted by Gasteiger charge is 2.60. The van der Waals surface area contributed by atoms with Crippen molar-refractivity contribution in [3.63, 3.8) is 0 Å². The molecule has 5 aliphatic rings. The van der Waals surface area contributed by atoms with Gasteiger partial charge in [-0.05, 0) is 55.1 Å². The van der Waals surface area contributed by atoms with Crippen molar-refractivity contribution in [3.8, 4) is 11.5 Å². The molecule has 0 saturated carbocycles. The zero-order chi connectivity index (χ0) is 24.9. The van der Waals surface area contributed by atoms with E-state index in [0.717, 1.165) is 49.2 Å². The highest BCUT2D eigenvalue weighted by Crippen LogP contribution is 2.56. The Bertz CT molecular complexity index is 1130. The van der Waals surface area contributed by atoms with Gasteiger partial charge in [0.05, 0.1) is 31.6 Å². The minimum absolute atomic E-state index is 0.0148. The molecule has 9 nitrogen and oxygen atoms in total. The Hall–Kier alpha value is -3.04. The molecular weight excluding hydrogens is 466 g/mol. The minimum atomic E-state index is -1.33. The maximum atomic E-state index is 13.6. The van der Waals surface area contributed by atoms with E-state index in [4.69, 9.17) is 28.4 Å². The first-order valence-electron chi connectivity index (χ1n) is 12.5. The number of ether oxygens (including phenoxy) is 6. The van der Waals surface area contributed by atoms with Gasteiger partial charge in [-0.1, -0.05) is 12.2 Å². The number of carbonyl (C=O) groups is 2. The maximum absolute atomic E-state index is 13.6. The lowest BCUT2D eigenvalue weighted by molar-refractivity contribution is -0.210. The second kappa shape index (κ2) is 8.81. The lowest BCUT2D eigenvalue weighted by Gasteiger charge is -2.41. The van der Waals surface area contributed by atoms with Crippen molar-refractivity contribution in [2.45, 2.75) is 55.3 Å². The molecule has 0 bridgehead atoms. The summed E-state index contributed by atoms with van der Waals surface area (Å²) in [5, 5.41) is 0. The van der Waals surface area contributed by atoms with Gasteiger partial charge < -0.3 is 28.4 Å². The van der Waals surface area contributed by atoms with Crippen molar-refractivity contribution in [1.29, 1.82) is 0 Å². The molecule has 4 aliphatic heterocycles. The first kappa shape index (κ1) is 23.4. The molecule has 0 N–H and O–H groups in total. The quantitative estimate of drug-likeness (QED) is 0.416. The van der Waals surface area contributed by atoms with E-state index in [1.165, 1.54) is 0 Å². The van der Waals surface area contributed by atoms with Gasteiger partial charge in [0.1, 0.15) is 5.76 Å². The van der Waals surface area contributed by atoms with Gasteiger partial charge in [-0.3, -0.25) is 9.69 Å². The van der Waals surface area contributed by atoms with Crippen molar-refractivity contribution in [2.24, 2.45) is 0 Å². The third-order valence-electron chi connectivity index (χ3n) is 8.19. The number of cyclic esters (lactones) is 1. The summed E-state index contributed by atoms with van der Waals surface area (Å²) in [4.78, 5) is 27.9. The molecule has 2 saturated heterocycles. The number of nitrogens with zero attached hydrogens (tertiary/aromatic N) is 1. The van der Waals surface area contributed by atoms with Crippen LogP contribution in [-0.4, -0.2) is 74.8 Å². The molecule has 2 fully saturated rings. The van der Waals surface area contributed by atoms with Crippen molar-refractivity contribution in [3.05, 3.63) is 47.2 Å². The fourth-order valence-electron chi connectivity index (χ4n) is 6.51. The van der Waals surface area contributed by atoms with E-state index >= 15 is 0 Å². The zero-order valence-electron chi connectivity index (χ0n) is 20.6. The predicted molar refractivity (Wildman–Crippen MR) is 127 cm³/mol. The first-order valence-corrected chi connectivity index (χ1v) is 12.5. The number of esters is 2. The number of carbonyl (C=O) groups excluding carboxylic acids is 2. The Balaban J connectivity index is 1.37. The fourth-order valence-corrected chi connectivity index (χ4v) is 6.51. The summed E-state index contributed by atoms with van der Waals surface area (Å²) in [5.74, 6) is 0.944. The van der Waals surface area contributed by atoms with Crippen molar-refractivity contribution in [2.75, 3.05) is 40.7 Å². The van der Waals surface area contributed by atoms with Crippen molar-refractivity contribution < 1.29 is 38.0 Å². The number of rotatable bonds is 7. The maximum Gasteiger partial charge on any atom is 0.352 e. The standard InChI is InChI=1S/C27H31NO8/c1-31-11-4-3-8-27(15-22(29)36-27)25(30)35-24-21(32-2)14-26-7-5-9-28(26)10-6-17-12-19-20(34-16-33-19)13-18(17)23(24)26/h3-4,12-14,23-24H,5-11,15-16H2,1-2H3/b4-3+/t23-,24-,26+,27+/m1/s1. The molecule has 36 heavy (non-hydrogen) atoms. The summed E-state index contributed by atoms with van der Waals surface area (Å²) in [7, 11) is 3.21. The van der Waals surface area contributed by atoms with Gasteiger partial charge in [-0.25, -0.2) is 4.79 Å². The average molecular weight is 498 g/mol. The third kappa shape index (κ3) is 3.51. The van der Waals surface area contributed by atoms with Crippen LogP contribution in [0, 0.1) is 0 Å². The van der Waals surface area contributed by atoms with Gasteiger partial charge >= 0.3 is 11.9 Å². The Labute approximate surface area is 209 Å². The number of hydrogen-bond acceptors (Lipinski definition) is 9. The molecule has 4 atom stereocenters. The number of hydrogen-bond donors (Lipinski definition) is 0. The van der Waals surface area contributed by atoms with Crippen LogP contribution in [0.5, 0.6) is 11.5 Å². The molecule has 9 heteroatoms. The molecule has 1 spiro atoms. The molecule has 0 amide bonds. The zero-order valence-corrected chi connectivity index (χ0v) is 20.6. The van der Waals surface area contributed by atoms with Crippen LogP contribution in [0.15, 0.2) is 36.1 Å². The van der Waals surface area contributed by atoms with Gasteiger partial charge in [0.15, 0.2) is 17.6 Å². The molecule has 6 rings (SSSR count). The van der Waals surface area contributed by atoms with Crippen LogP contribution in [-0.2, 0) is 35.0 Å². The predicted octanol–water partition coefficient (Wildman–Crippen LogP) is 2.62. The second-order valence-corrected chi connectivity index (χ2v) is 10.1. The molecule has 0 aromatic heterocycles. The van der Waals surface area contributed by atoms with Gasteiger partial charge in [0.25, 0.3) is 0 Å².